The lowest BCUT2D eigenvalue weighted by molar-refractivity contribution is -0.134. The highest BCUT2D eigenvalue weighted by Crippen LogP contribution is 2.13. The van der Waals surface area contributed by atoms with Crippen LogP contribution >= 0.6 is 24.0 Å². The van der Waals surface area contributed by atoms with Crippen molar-refractivity contribution in [1.29, 1.82) is 0 Å². The van der Waals surface area contributed by atoms with E-state index in [0.29, 0.717) is 5.02 Å². The molecule has 0 aliphatic carbocycles. The number of likely N-dealkylation sites (N-methyl/N-ethyl adjacent to an activating group) is 1. The minimum Gasteiger partial charge on any atom is -0.383 e. The number of benzene rings is 1. The number of carbonyl (C=O) groups excluding carboxylic acids is 1. The Kier molecular flexibility index (Phi) is 8.81. The van der Waals surface area contributed by atoms with Crippen LogP contribution in [0.3, 0.4) is 0 Å². The molecule has 0 saturated heterocycles. The van der Waals surface area contributed by atoms with Crippen molar-refractivity contribution in [3.8, 4) is 0 Å². The first-order chi connectivity index (χ1) is 8.95. The van der Waals surface area contributed by atoms with Crippen molar-refractivity contribution in [2.45, 2.75) is 25.4 Å². The number of rotatable bonds is 6. The van der Waals surface area contributed by atoms with Gasteiger partial charge in [0.15, 0.2) is 0 Å². The number of hydrogen-bond acceptors (Lipinski definition) is 3. The standard InChI is InChI=1S/C14H21ClN2O2.ClH/c1-10(8-11-4-6-12(15)7-5-11)17(2)14(18)13(16)9-19-3;/h4-7,10,13H,8-9,16H2,1-3H3;1H. The molecule has 0 fully saturated rings. The van der Waals surface area contributed by atoms with Crippen LogP contribution in [0.25, 0.3) is 0 Å². The van der Waals surface area contributed by atoms with Crippen LogP contribution in [0.2, 0.25) is 5.02 Å². The average molecular weight is 321 g/mol. The van der Waals surface area contributed by atoms with E-state index in [1.807, 2.05) is 31.2 Å². The van der Waals surface area contributed by atoms with Gasteiger partial charge in [0.2, 0.25) is 5.91 Å². The summed E-state index contributed by atoms with van der Waals surface area (Å²) >= 11 is 5.84. The van der Waals surface area contributed by atoms with E-state index in [1.165, 1.54) is 7.11 Å². The van der Waals surface area contributed by atoms with Gasteiger partial charge in [0.25, 0.3) is 0 Å². The maximum absolute atomic E-state index is 12.0. The number of halogens is 2. The van der Waals surface area contributed by atoms with Crippen molar-refractivity contribution in [2.24, 2.45) is 5.73 Å². The molecule has 6 heteroatoms. The lowest BCUT2D eigenvalue weighted by Gasteiger charge is -2.27. The van der Waals surface area contributed by atoms with Gasteiger partial charge < -0.3 is 15.4 Å². The second-order valence-electron chi connectivity index (χ2n) is 4.69. The predicted molar refractivity (Wildman–Crippen MR) is 84.5 cm³/mol. The van der Waals surface area contributed by atoms with Gasteiger partial charge in [0.05, 0.1) is 6.61 Å². The smallest absolute Gasteiger partial charge is 0.241 e. The van der Waals surface area contributed by atoms with Crippen LogP contribution in [-0.2, 0) is 16.0 Å². The van der Waals surface area contributed by atoms with Crippen molar-refractivity contribution < 1.29 is 9.53 Å². The number of nitrogens with two attached hydrogens (primary N) is 1. The zero-order valence-electron chi connectivity index (χ0n) is 12.0. The Balaban J connectivity index is 0.00000361. The third kappa shape index (κ3) is 5.67. The molecular formula is C14H22Cl2N2O2. The molecule has 0 aliphatic rings. The number of nitrogens with zero attached hydrogens (tertiary/aromatic N) is 1. The van der Waals surface area contributed by atoms with Gasteiger partial charge in [-0.2, -0.15) is 0 Å². The molecule has 2 atom stereocenters. The first kappa shape index (κ1) is 19.2. The normalized spacial score (nSPS) is 13.2. The fourth-order valence-electron chi connectivity index (χ4n) is 1.83. The van der Waals surface area contributed by atoms with Crippen LogP contribution in [0.4, 0.5) is 0 Å². The average Bonchev–Trinajstić information content (AvgIpc) is 2.39. The molecule has 1 aromatic carbocycles. The molecule has 0 spiro atoms. The molecule has 114 valence electrons. The largest absolute Gasteiger partial charge is 0.383 e. The fraction of sp³-hybridized carbons (Fsp3) is 0.500. The fourth-order valence-corrected chi connectivity index (χ4v) is 1.95. The lowest BCUT2D eigenvalue weighted by atomic mass is 10.1. The molecule has 1 amide bonds. The zero-order chi connectivity index (χ0) is 14.4. The maximum atomic E-state index is 12.0. The van der Waals surface area contributed by atoms with Crippen LogP contribution in [-0.4, -0.2) is 43.7 Å². The molecular weight excluding hydrogens is 299 g/mol. The van der Waals surface area contributed by atoms with Crippen LogP contribution < -0.4 is 5.73 Å². The van der Waals surface area contributed by atoms with Crippen molar-refractivity contribution in [2.75, 3.05) is 20.8 Å². The van der Waals surface area contributed by atoms with E-state index in [1.54, 1.807) is 11.9 Å². The number of methoxy groups -OCH3 is 1. The number of carbonyl (C=O) groups is 1. The molecule has 20 heavy (non-hydrogen) atoms. The zero-order valence-corrected chi connectivity index (χ0v) is 13.6. The van der Waals surface area contributed by atoms with Gasteiger partial charge in [-0.1, -0.05) is 23.7 Å². The van der Waals surface area contributed by atoms with Gasteiger partial charge in [-0.25, -0.2) is 0 Å². The molecule has 2 unspecified atom stereocenters. The molecule has 4 nitrogen and oxygen atoms in total. The summed E-state index contributed by atoms with van der Waals surface area (Å²) in [6.07, 6.45) is 0.763. The summed E-state index contributed by atoms with van der Waals surface area (Å²) in [5.74, 6) is -0.108. The van der Waals surface area contributed by atoms with Crippen LogP contribution in [0.15, 0.2) is 24.3 Å². The summed E-state index contributed by atoms with van der Waals surface area (Å²) in [6, 6.07) is 7.09. The SMILES string of the molecule is COCC(N)C(=O)N(C)C(C)Cc1ccc(Cl)cc1.Cl. The third-order valence-electron chi connectivity index (χ3n) is 3.12. The first-order valence-corrected chi connectivity index (χ1v) is 6.59. The van der Waals surface area contributed by atoms with Crippen molar-refractivity contribution in [3.05, 3.63) is 34.9 Å². The second-order valence-corrected chi connectivity index (χ2v) is 5.13. The summed E-state index contributed by atoms with van der Waals surface area (Å²) < 4.78 is 4.90. The van der Waals surface area contributed by atoms with Crippen molar-refractivity contribution in [3.63, 3.8) is 0 Å². The highest BCUT2D eigenvalue weighted by molar-refractivity contribution is 6.30. The number of ether oxygens (including phenoxy) is 1. The summed E-state index contributed by atoms with van der Waals surface area (Å²) in [5, 5.41) is 0.711. The molecule has 1 aromatic rings. The maximum Gasteiger partial charge on any atom is 0.241 e. The van der Waals surface area contributed by atoms with Gasteiger partial charge in [-0.15, -0.1) is 12.4 Å². The Morgan fingerprint density at radius 3 is 2.45 bits per heavy atom. The minimum atomic E-state index is -0.609. The highest BCUT2D eigenvalue weighted by Gasteiger charge is 2.21. The Morgan fingerprint density at radius 2 is 1.95 bits per heavy atom. The molecule has 0 aromatic heterocycles. The van der Waals surface area contributed by atoms with Crippen LogP contribution in [0, 0.1) is 0 Å². The van der Waals surface area contributed by atoms with Gasteiger partial charge in [-0.05, 0) is 31.0 Å². The summed E-state index contributed by atoms with van der Waals surface area (Å²) in [6.45, 7) is 2.23. The molecule has 1 rings (SSSR count). The Hall–Kier alpha value is -0.810. The second kappa shape index (κ2) is 9.19. The Labute approximate surface area is 131 Å². The number of hydrogen-bond donors (Lipinski definition) is 1. The molecule has 0 radical (unpaired) electrons. The van der Waals surface area contributed by atoms with E-state index >= 15 is 0 Å². The molecule has 0 saturated carbocycles. The molecule has 0 heterocycles. The van der Waals surface area contributed by atoms with Gasteiger partial charge >= 0.3 is 0 Å². The van der Waals surface area contributed by atoms with E-state index in [2.05, 4.69) is 0 Å². The number of amides is 1. The Morgan fingerprint density at radius 1 is 1.40 bits per heavy atom. The van der Waals surface area contributed by atoms with E-state index in [0.717, 1.165) is 12.0 Å². The lowest BCUT2D eigenvalue weighted by Crippen LogP contribution is -2.48. The van der Waals surface area contributed by atoms with Crippen molar-refractivity contribution >= 4 is 29.9 Å². The highest BCUT2D eigenvalue weighted by atomic mass is 35.5. The molecule has 0 bridgehead atoms. The summed E-state index contributed by atoms with van der Waals surface area (Å²) in [5.41, 5.74) is 6.88. The van der Waals surface area contributed by atoms with Crippen LogP contribution in [0.5, 0.6) is 0 Å². The topological polar surface area (TPSA) is 55.6 Å². The van der Waals surface area contributed by atoms with Crippen LogP contribution in [0.1, 0.15) is 12.5 Å². The van der Waals surface area contributed by atoms with Gasteiger partial charge in [-0.3, -0.25) is 4.79 Å². The van der Waals surface area contributed by atoms with E-state index in [9.17, 15) is 4.79 Å². The van der Waals surface area contributed by atoms with Gasteiger partial charge in [0.1, 0.15) is 6.04 Å². The minimum absolute atomic E-state index is 0. The predicted octanol–water partition coefficient (Wildman–Crippen LogP) is 2.12. The van der Waals surface area contributed by atoms with E-state index < -0.39 is 6.04 Å². The quantitative estimate of drug-likeness (QED) is 0.873. The summed E-state index contributed by atoms with van der Waals surface area (Å²) in [4.78, 5) is 13.7. The third-order valence-corrected chi connectivity index (χ3v) is 3.37. The van der Waals surface area contributed by atoms with Gasteiger partial charge in [0, 0.05) is 25.2 Å². The molecule has 2 N–H and O–H groups in total. The summed E-state index contributed by atoms with van der Waals surface area (Å²) in [7, 11) is 3.29. The van der Waals surface area contributed by atoms with Crippen molar-refractivity contribution in [1.82, 2.24) is 4.90 Å². The first-order valence-electron chi connectivity index (χ1n) is 6.21. The Bertz CT molecular complexity index is 412. The van der Waals surface area contributed by atoms with E-state index in [4.69, 9.17) is 22.1 Å². The van der Waals surface area contributed by atoms with E-state index in [-0.39, 0.29) is 31.0 Å². The monoisotopic (exact) mass is 320 g/mol. The molecule has 0 aliphatic heterocycles.